The fourth-order valence-electron chi connectivity index (χ4n) is 1.86. The highest BCUT2D eigenvalue weighted by Crippen LogP contribution is 2.26. The minimum absolute atomic E-state index is 0.0638. The first kappa shape index (κ1) is 14.8. The van der Waals surface area contributed by atoms with Crippen molar-refractivity contribution in [1.29, 1.82) is 0 Å². The van der Waals surface area contributed by atoms with Crippen LogP contribution in [0.15, 0.2) is 36.4 Å². The van der Waals surface area contributed by atoms with E-state index in [1.165, 1.54) is 24.3 Å². The van der Waals surface area contributed by atoms with Gasteiger partial charge in [0.05, 0.1) is 16.9 Å². The topological polar surface area (TPSA) is 67.2 Å². The van der Waals surface area contributed by atoms with Crippen LogP contribution in [0.2, 0.25) is 0 Å². The zero-order valence-corrected chi connectivity index (χ0v) is 11.4. The quantitative estimate of drug-likeness (QED) is 0.758. The van der Waals surface area contributed by atoms with Crippen molar-refractivity contribution in [3.63, 3.8) is 0 Å². The third-order valence-electron chi connectivity index (χ3n) is 2.85. The van der Waals surface area contributed by atoms with Gasteiger partial charge in [-0.05, 0) is 37.3 Å². The van der Waals surface area contributed by atoms with Crippen molar-refractivity contribution in [3.05, 3.63) is 53.6 Å². The summed E-state index contributed by atoms with van der Waals surface area (Å²) in [5.41, 5.74) is 6.64. The van der Waals surface area contributed by atoms with Crippen LogP contribution in [0.4, 0.5) is 25.8 Å². The minimum Gasteiger partial charge on any atom is -0.399 e. The summed E-state index contributed by atoms with van der Waals surface area (Å²) in [7, 11) is 0. The van der Waals surface area contributed by atoms with Gasteiger partial charge >= 0.3 is 0 Å². The number of nitrogens with one attached hydrogen (secondary N) is 2. The monoisotopic (exact) mass is 291 g/mol. The molecule has 0 fully saturated rings. The van der Waals surface area contributed by atoms with Gasteiger partial charge in [-0.15, -0.1) is 0 Å². The first-order chi connectivity index (χ1) is 10.0. The molecule has 0 unspecified atom stereocenters. The van der Waals surface area contributed by atoms with E-state index >= 15 is 0 Å². The molecule has 0 aliphatic rings. The van der Waals surface area contributed by atoms with Crippen LogP contribution < -0.4 is 16.4 Å². The summed E-state index contributed by atoms with van der Waals surface area (Å²) < 4.78 is 26.9. The van der Waals surface area contributed by atoms with E-state index in [1.54, 1.807) is 13.0 Å². The van der Waals surface area contributed by atoms with Crippen molar-refractivity contribution < 1.29 is 13.6 Å². The van der Waals surface area contributed by atoms with Crippen LogP contribution in [-0.4, -0.2) is 12.5 Å². The van der Waals surface area contributed by atoms with Gasteiger partial charge in [0.2, 0.25) is 0 Å². The van der Waals surface area contributed by atoms with E-state index < -0.39 is 11.6 Å². The molecule has 4 N–H and O–H groups in total. The highest BCUT2D eigenvalue weighted by atomic mass is 19.2. The van der Waals surface area contributed by atoms with Gasteiger partial charge in [-0.3, -0.25) is 4.79 Å². The number of rotatable bonds is 4. The summed E-state index contributed by atoms with van der Waals surface area (Å²) >= 11 is 0. The smallest absolute Gasteiger partial charge is 0.253 e. The minimum atomic E-state index is -1.01. The molecule has 0 radical (unpaired) electrons. The van der Waals surface area contributed by atoms with E-state index in [2.05, 4.69) is 10.6 Å². The molecule has 0 heterocycles. The Labute approximate surface area is 121 Å². The summed E-state index contributed by atoms with van der Waals surface area (Å²) in [6, 6.07) is 8.36. The molecule has 1 amide bonds. The Morgan fingerprint density at radius 2 is 1.95 bits per heavy atom. The maximum absolute atomic E-state index is 13.7. The predicted octanol–water partition coefficient (Wildman–Crippen LogP) is 3.04. The number of hydrogen-bond donors (Lipinski definition) is 3. The molecule has 0 atom stereocenters. The summed E-state index contributed by atoms with van der Waals surface area (Å²) in [6.45, 7) is 2.24. The van der Waals surface area contributed by atoms with Crippen LogP contribution in [0, 0.1) is 11.6 Å². The number of carbonyl (C=O) groups excluding carboxylic acids is 1. The van der Waals surface area contributed by atoms with E-state index in [9.17, 15) is 13.6 Å². The van der Waals surface area contributed by atoms with E-state index in [-0.39, 0.29) is 11.6 Å². The second kappa shape index (κ2) is 6.21. The van der Waals surface area contributed by atoms with E-state index in [0.717, 1.165) is 6.07 Å². The molecule has 4 nitrogen and oxygen atoms in total. The van der Waals surface area contributed by atoms with Gasteiger partial charge in [0.1, 0.15) is 0 Å². The first-order valence-electron chi connectivity index (χ1n) is 6.41. The van der Waals surface area contributed by atoms with Crippen molar-refractivity contribution in [2.45, 2.75) is 6.92 Å². The molecule has 2 aromatic rings. The third-order valence-corrected chi connectivity index (χ3v) is 2.85. The second-order valence-electron chi connectivity index (χ2n) is 4.39. The Balaban J connectivity index is 2.41. The van der Waals surface area contributed by atoms with Gasteiger partial charge in [0.15, 0.2) is 11.6 Å². The predicted molar refractivity (Wildman–Crippen MR) is 78.5 cm³/mol. The molecule has 0 spiro atoms. The summed E-state index contributed by atoms with van der Waals surface area (Å²) in [5.74, 6) is -2.30. The normalized spacial score (nSPS) is 10.2. The molecule has 2 rings (SSSR count). The number of hydrogen-bond acceptors (Lipinski definition) is 3. The Kier molecular flexibility index (Phi) is 4.37. The fraction of sp³-hybridized carbons (Fsp3) is 0.133. The first-order valence-corrected chi connectivity index (χ1v) is 6.41. The van der Waals surface area contributed by atoms with Crippen LogP contribution in [0.25, 0.3) is 0 Å². The number of anilines is 3. The van der Waals surface area contributed by atoms with Crippen LogP contribution >= 0.6 is 0 Å². The average Bonchev–Trinajstić information content (AvgIpc) is 2.44. The highest BCUT2D eigenvalue weighted by Gasteiger charge is 2.14. The molecule has 0 aliphatic carbocycles. The van der Waals surface area contributed by atoms with Crippen LogP contribution in [-0.2, 0) is 0 Å². The SMILES string of the molecule is CCNC(=O)c1ccc(N)cc1Nc1cccc(F)c1F. The van der Waals surface area contributed by atoms with Gasteiger partial charge < -0.3 is 16.4 Å². The van der Waals surface area contributed by atoms with Gasteiger partial charge in [-0.2, -0.15) is 0 Å². The van der Waals surface area contributed by atoms with Gasteiger partial charge in [-0.25, -0.2) is 8.78 Å². The van der Waals surface area contributed by atoms with Gasteiger partial charge in [0, 0.05) is 12.2 Å². The van der Waals surface area contributed by atoms with E-state index in [1.807, 2.05) is 0 Å². The van der Waals surface area contributed by atoms with E-state index in [0.29, 0.717) is 23.5 Å². The molecule has 0 aliphatic heterocycles. The highest BCUT2D eigenvalue weighted by molar-refractivity contribution is 6.00. The Hall–Kier alpha value is -2.63. The van der Waals surface area contributed by atoms with E-state index in [4.69, 9.17) is 5.73 Å². The number of nitrogen functional groups attached to an aromatic ring is 1. The standard InChI is InChI=1S/C15H15F2N3O/c1-2-19-15(21)10-7-6-9(18)8-13(10)20-12-5-3-4-11(16)14(12)17/h3-8,20H,2,18H2,1H3,(H,19,21). The maximum Gasteiger partial charge on any atom is 0.253 e. The zero-order chi connectivity index (χ0) is 15.4. The lowest BCUT2D eigenvalue weighted by atomic mass is 10.1. The fourth-order valence-corrected chi connectivity index (χ4v) is 1.86. The van der Waals surface area contributed by atoms with Crippen molar-refractivity contribution in [2.24, 2.45) is 0 Å². The Morgan fingerprint density at radius 3 is 2.67 bits per heavy atom. The summed E-state index contributed by atoms with van der Waals surface area (Å²) in [4.78, 5) is 12.0. The van der Waals surface area contributed by atoms with Gasteiger partial charge in [-0.1, -0.05) is 6.07 Å². The average molecular weight is 291 g/mol. The molecule has 110 valence electrons. The number of amides is 1. The summed E-state index contributed by atoms with van der Waals surface area (Å²) in [6.07, 6.45) is 0. The van der Waals surface area contributed by atoms with Crippen molar-refractivity contribution in [1.82, 2.24) is 5.32 Å². The molecular formula is C15H15F2N3O. The molecule has 6 heteroatoms. The molecule has 0 bridgehead atoms. The lowest BCUT2D eigenvalue weighted by molar-refractivity contribution is 0.0956. The van der Waals surface area contributed by atoms with Crippen molar-refractivity contribution in [2.75, 3.05) is 17.6 Å². The molecule has 0 aromatic heterocycles. The Bertz CT molecular complexity index is 674. The Morgan fingerprint density at radius 1 is 1.19 bits per heavy atom. The molecule has 21 heavy (non-hydrogen) atoms. The number of halogens is 2. The van der Waals surface area contributed by atoms with Crippen molar-refractivity contribution in [3.8, 4) is 0 Å². The zero-order valence-electron chi connectivity index (χ0n) is 11.4. The number of carbonyl (C=O) groups is 1. The molecular weight excluding hydrogens is 276 g/mol. The maximum atomic E-state index is 13.7. The van der Waals surface area contributed by atoms with Crippen LogP contribution in [0.5, 0.6) is 0 Å². The van der Waals surface area contributed by atoms with Crippen LogP contribution in [0.1, 0.15) is 17.3 Å². The molecule has 0 saturated carbocycles. The molecule has 0 saturated heterocycles. The largest absolute Gasteiger partial charge is 0.399 e. The van der Waals surface area contributed by atoms with Gasteiger partial charge in [0.25, 0.3) is 5.91 Å². The number of nitrogens with two attached hydrogens (primary N) is 1. The van der Waals surface area contributed by atoms with Crippen molar-refractivity contribution >= 4 is 23.0 Å². The molecule has 2 aromatic carbocycles. The lowest BCUT2D eigenvalue weighted by Gasteiger charge is -2.13. The third kappa shape index (κ3) is 3.28. The van der Waals surface area contributed by atoms with Crippen LogP contribution in [0.3, 0.4) is 0 Å². The number of benzene rings is 2. The lowest BCUT2D eigenvalue weighted by Crippen LogP contribution is -2.23. The summed E-state index contributed by atoms with van der Waals surface area (Å²) in [5, 5.41) is 5.35. The second-order valence-corrected chi connectivity index (χ2v) is 4.39.